The van der Waals surface area contributed by atoms with Crippen LogP contribution in [0, 0.1) is 0 Å². The van der Waals surface area contributed by atoms with Crippen molar-refractivity contribution in [2.75, 3.05) is 0 Å². The van der Waals surface area contributed by atoms with Crippen LogP contribution in [0.4, 0.5) is 0 Å². The number of nitrogens with one attached hydrogen (secondary N) is 1. The molecule has 0 fully saturated rings. The highest BCUT2D eigenvalue weighted by Crippen LogP contribution is 2.22. The summed E-state index contributed by atoms with van der Waals surface area (Å²) in [5, 5.41) is 3.50. The van der Waals surface area contributed by atoms with Crippen LogP contribution in [0.25, 0.3) is 0 Å². The maximum absolute atomic E-state index is 3.50. The van der Waals surface area contributed by atoms with E-state index >= 15 is 0 Å². The fraction of sp³-hybridized carbons (Fsp3) is 0.333. The third-order valence-electron chi connectivity index (χ3n) is 3.29. The maximum atomic E-state index is 3.50. The van der Waals surface area contributed by atoms with Gasteiger partial charge in [-0.15, -0.1) is 0 Å². The van der Waals surface area contributed by atoms with Crippen molar-refractivity contribution in [2.24, 2.45) is 0 Å². The molecule has 100 valence electrons. The molecule has 0 spiro atoms. The first kappa shape index (κ1) is 13.8. The fourth-order valence-corrected chi connectivity index (χ4v) is 2.09. The van der Waals surface area contributed by atoms with Crippen LogP contribution in [0.1, 0.15) is 37.5 Å². The van der Waals surface area contributed by atoms with Crippen molar-refractivity contribution in [2.45, 2.75) is 39.3 Å². The number of benzene rings is 2. The monoisotopic (exact) mass is 253 g/mol. The molecule has 0 atom stereocenters. The van der Waals surface area contributed by atoms with E-state index in [9.17, 15) is 0 Å². The summed E-state index contributed by atoms with van der Waals surface area (Å²) in [6, 6.07) is 19.4. The minimum absolute atomic E-state index is 0.218. The molecule has 1 N–H and O–H groups in total. The number of rotatable bonds is 4. The first-order chi connectivity index (χ1) is 9.05. The minimum Gasteiger partial charge on any atom is -0.309 e. The Morgan fingerprint density at radius 3 is 2.11 bits per heavy atom. The van der Waals surface area contributed by atoms with Crippen molar-refractivity contribution in [1.82, 2.24) is 5.32 Å². The van der Waals surface area contributed by atoms with E-state index in [1.165, 1.54) is 16.7 Å². The first-order valence-corrected chi connectivity index (χ1v) is 6.90. The van der Waals surface area contributed by atoms with Gasteiger partial charge in [-0.05, 0) is 22.1 Å². The molecule has 0 bridgehead atoms. The Balaban J connectivity index is 1.93. The average Bonchev–Trinajstić information content (AvgIpc) is 2.39. The van der Waals surface area contributed by atoms with Crippen LogP contribution in [0.2, 0.25) is 0 Å². The highest BCUT2D eigenvalue weighted by Gasteiger charge is 2.13. The van der Waals surface area contributed by atoms with Gasteiger partial charge in [0.15, 0.2) is 0 Å². The third kappa shape index (κ3) is 4.22. The Labute approximate surface area is 116 Å². The number of hydrogen-bond acceptors (Lipinski definition) is 1. The summed E-state index contributed by atoms with van der Waals surface area (Å²) in [4.78, 5) is 0. The zero-order valence-electron chi connectivity index (χ0n) is 12.1. The van der Waals surface area contributed by atoms with Gasteiger partial charge < -0.3 is 5.32 Å². The molecular formula is C18H23N. The van der Waals surface area contributed by atoms with E-state index in [1.54, 1.807) is 0 Å². The molecule has 0 aliphatic rings. The Morgan fingerprint density at radius 2 is 1.42 bits per heavy atom. The second kappa shape index (κ2) is 6.03. The molecule has 1 heteroatoms. The van der Waals surface area contributed by atoms with Crippen molar-refractivity contribution in [1.29, 1.82) is 0 Å². The van der Waals surface area contributed by atoms with Gasteiger partial charge in [-0.25, -0.2) is 0 Å². The standard InChI is InChI=1S/C18H23N/c1-18(2,3)17-11-7-10-16(12-17)14-19-13-15-8-5-4-6-9-15/h4-12,19H,13-14H2,1-3H3. The molecule has 19 heavy (non-hydrogen) atoms. The van der Waals surface area contributed by atoms with Gasteiger partial charge in [-0.3, -0.25) is 0 Å². The highest BCUT2D eigenvalue weighted by molar-refractivity contribution is 5.28. The van der Waals surface area contributed by atoms with E-state index < -0.39 is 0 Å². The van der Waals surface area contributed by atoms with Gasteiger partial charge in [-0.1, -0.05) is 75.4 Å². The van der Waals surface area contributed by atoms with Crippen molar-refractivity contribution >= 4 is 0 Å². The summed E-state index contributed by atoms with van der Waals surface area (Å²) >= 11 is 0. The largest absolute Gasteiger partial charge is 0.309 e. The fourth-order valence-electron chi connectivity index (χ4n) is 2.09. The van der Waals surface area contributed by atoms with Gasteiger partial charge in [-0.2, -0.15) is 0 Å². The summed E-state index contributed by atoms with van der Waals surface area (Å²) in [5.41, 5.74) is 4.29. The molecule has 0 saturated heterocycles. The van der Waals surface area contributed by atoms with E-state index in [-0.39, 0.29) is 5.41 Å². The summed E-state index contributed by atoms with van der Waals surface area (Å²) < 4.78 is 0. The SMILES string of the molecule is CC(C)(C)c1cccc(CNCc2ccccc2)c1. The molecule has 0 unspecified atom stereocenters. The molecule has 0 heterocycles. The highest BCUT2D eigenvalue weighted by atomic mass is 14.8. The lowest BCUT2D eigenvalue weighted by Gasteiger charge is -2.19. The third-order valence-corrected chi connectivity index (χ3v) is 3.29. The zero-order valence-corrected chi connectivity index (χ0v) is 12.1. The van der Waals surface area contributed by atoms with E-state index in [2.05, 4.69) is 80.7 Å². The minimum atomic E-state index is 0.218. The summed E-state index contributed by atoms with van der Waals surface area (Å²) in [7, 11) is 0. The normalized spacial score (nSPS) is 11.5. The first-order valence-electron chi connectivity index (χ1n) is 6.90. The van der Waals surface area contributed by atoms with Crippen molar-refractivity contribution in [3.05, 3.63) is 71.3 Å². The molecule has 0 amide bonds. The van der Waals surface area contributed by atoms with Gasteiger partial charge in [0.05, 0.1) is 0 Å². The van der Waals surface area contributed by atoms with Gasteiger partial charge in [0.1, 0.15) is 0 Å². The molecule has 0 aliphatic carbocycles. The maximum Gasteiger partial charge on any atom is 0.0208 e. The molecule has 2 rings (SSSR count). The van der Waals surface area contributed by atoms with Gasteiger partial charge in [0.25, 0.3) is 0 Å². The number of hydrogen-bond donors (Lipinski definition) is 1. The summed E-state index contributed by atoms with van der Waals surface area (Å²) in [5.74, 6) is 0. The van der Waals surface area contributed by atoms with Gasteiger partial charge >= 0.3 is 0 Å². The van der Waals surface area contributed by atoms with E-state index in [4.69, 9.17) is 0 Å². The molecule has 0 radical (unpaired) electrons. The van der Waals surface area contributed by atoms with Crippen molar-refractivity contribution < 1.29 is 0 Å². The van der Waals surface area contributed by atoms with Crippen LogP contribution in [-0.4, -0.2) is 0 Å². The van der Waals surface area contributed by atoms with E-state index in [0.717, 1.165) is 13.1 Å². The molecule has 2 aromatic carbocycles. The van der Waals surface area contributed by atoms with Crippen LogP contribution >= 0.6 is 0 Å². The zero-order chi connectivity index (χ0) is 13.7. The predicted molar refractivity (Wildman–Crippen MR) is 82.1 cm³/mol. The Hall–Kier alpha value is -1.60. The Bertz CT molecular complexity index is 509. The van der Waals surface area contributed by atoms with Crippen LogP contribution in [-0.2, 0) is 18.5 Å². The van der Waals surface area contributed by atoms with Crippen LogP contribution < -0.4 is 5.32 Å². The van der Waals surface area contributed by atoms with Crippen molar-refractivity contribution in [3.63, 3.8) is 0 Å². The smallest absolute Gasteiger partial charge is 0.0208 e. The summed E-state index contributed by atoms with van der Waals surface area (Å²) in [6.07, 6.45) is 0. The lowest BCUT2D eigenvalue weighted by atomic mass is 9.86. The molecule has 0 aromatic heterocycles. The van der Waals surface area contributed by atoms with E-state index in [1.807, 2.05) is 0 Å². The van der Waals surface area contributed by atoms with E-state index in [0.29, 0.717) is 0 Å². The Morgan fingerprint density at radius 1 is 0.789 bits per heavy atom. The quantitative estimate of drug-likeness (QED) is 0.858. The van der Waals surface area contributed by atoms with Crippen LogP contribution in [0.5, 0.6) is 0 Å². The second-order valence-corrected chi connectivity index (χ2v) is 6.04. The molecule has 1 nitrogen and oxygen atoms in total. The topological polar surface area (TPSA) is 12.0 Å². The molecular weight excluding hydrogens is 230 g/mol. The molecule has 2 aromatic rings. The second-order valence-electron chi connectivity index (χ2n) is 6.04. The lowest BCUT2D eigenvalue weighted by Crippen LogP contribution is -2.15. The van der Waals surface area contributed by atoms with Crippen molar-refractivity contribution in [3.8, 4) is 0 Å². The average molecular weight is 253 g/mol. The Kier molecular flexibility index (Phi) is 4.39. The predicted octanol–water partition coefficient (Wildman–Crippen LogP) is 4.27. The molecule has 0 aliphatic heterocycles. The van der Waals surface area contributed by atoms with Crippen LogP contribution in [0.3, 0.4) is 0 Å². The summed E-state index contributed by atoms with van der Waals surface area (Å²) in [6.45, 7) is 8.59. The lowest BCUT2D eigenvalue weighted by molar-refractivity contribution is 0.588. The molecule has 0 saturated carbocycles. The van der Waals surface area contributed by atoms with Gasteiger partial charge in [0.2, 0.25) is 0 Å². The van der Waals surface area contributed by atoms with Crippen LogP contribution in [0.15, 0.2) is 54.6 Å². The van der Waals surface area contributed by atoms with Gasteiger partial charge in [0, 0.05) is 13.1 Å².